The van der Waals surface area contributed by atoms with Crippen molar-refractivity contribution in [2.45, 2.75) is 25.9 Å². The normalized spacial score (nSPS) is 11.3. The fourth-order valence-corrected chi connectivity index (χ4v) is 1.92. The first-order chi connectivity index (χ1) is 9.74. The van der Waals surface area contributed by atoms with Gasteiger partial charge in [0.2, 0.25) is 0 Å². The van der Waals surface area contributed by atoms with E-state index in [1.807, 2.05) is 6.92 Å². The monoisotopic (exact) mass is 367 g/mol. The van der Waals surface area contributed by atoms with E-state index in [4.69, 9.17) is 0 Å². The summed E-state index contributed by atoms with van der Waals surface area (Å²) in [5.74, 6) is -0.115. The predicted molar refractivity (Wildman–Crippen MR) is 78.4 cm³/mol. The highest BCUT2D eigenvalue weighted by atomic mass is 79.9. The maximum atomic E-state index is 12.3. The Morgan fingerprint density at radius 1 is 1.48 bits per heavy atom. The summed E-state index contributed by atoms with van der Waals surface area (Å²) in [6.07, 6.45) is -2.94. The van der Waals surface area contributed by atoms with Gasteiger partial charge in [0.15, 0.2) is 0 Å². The van der Waals surface area contributed by atoms with Crippen LogP contribution >= 0.6 is 15.9 Å². The number of alkyl halides is 3. The molecular formula is C13H17BrF3N3O. The van der Waals surface area contributed by atoms with E-state index in [0.717, 1.165) is 11.3 Å². The van der Waals surface area contributed by atoms with E-state index in [1.54, 1.807) is 6.07 Å². The number of nitrogens with zero attached hydrogens (tertiary/aromatic N) is 2. The molecule has 0 unspecified atom stereocenters. The van der Waals surface area contributed by atoms with Crippen LogP contribution in [0.3, 0.4) is 0 Å². The van der Waals surface area contributed by atoms with Crippen LogP contribution in [0.4, 0.5) is 19.0 Å². The van der Waals surface area contributed by atoms with Crippen molar-refractivity contribution < 1.29 is 18.0 Å². The van der Waals surface area contributed by atoms with Gasteiger partial charge in [0, 0.05) is 30.8 Å². The number of carbonyl (C=O) groups is 1. The van der Waals surface area contributed by atoms with Gasteiger partial charge in [-0.3, -0.25) is 4.79 Å². The lowest BCUT2D eigenvalue weighted by molar-refractivity contribution is -0.136. The summed E-state index contributed by atoms with van der Waals surface area (Å²) in [5.41, 5.74) is 0.252. The lowest BCUT2D eigenvalue weighted by Crippen LogP contribution is -2.31. The van der Waals surface area contributed by atoms with Crippen molar-refractivity contribution >= 4 is 27.7 Å². The van der Waals surface area contributed by atoms with Crippen LogP contribution in [0.25, 0.3) is 0 Å². The van der Waals surface area contributed by atoms with Crippen LogP contribution in [0.2, 0.25) is 0 Å². The minimum absolute atomic E-state index is 0.252. The molecule has 4 nitrogen and oxygen atoms in total. The lowest BCUT2D eigenvalue weighted by atomic mass is 10.2. The second-order valence-electron chi connectivity index (χ2n) is 4.57. The van der Waals surface area contributed by atoms with Gasteiger partial charge in [-0.1, -0.05) is 6.92 Å². The van der Waals surface area contributed by atoms with Crippen LogP contribution in [0.5, 0.6) is 0 Å². The molecule has 0 atom stereocenters. The standard InChI is InChI=1S/C13H17BrF3N3O/c1-3-5-18-11-10(7-9(14)8-19-11)12(21)20(2)6-4-13(15,16)17/h7-8H,3-6H2,1-2H3,(H,18,19). The van der Waals surface area contributed by atoms with E-state index >= 15 is 0 Å². The van der Waals surface area contributed by atoms with Crippen LogP contribution in [-0.4, -0.2) is 42.1 Å². The minimum atomic E-state index is -4.28. The summed E-state index contributed by atoms with van der Waals surface area (Å²) in [6.45, 7) is 2.20. The third kappa shape index (κ3) is 5.91. The molecule has 0 radical (unpaired) electrons. The number of hydrogen-bond acceptors (Lipinski definition) is 3. The van der Waals surface area contributed by atoms with Crippen LogP contribution < -0.4 is 5.32 Å². The summed E-state index contributed by atoms with van der Waals surface area (Å²) in [5, 5.41) is 3.00. The largest absolute Gasteiger partial charge is 0.390 e. The van der Waals surface area contributed by atoms with Gasteiger partial charge in [0.05, 0.1) is 12.0 Å². The van der Waals surface area contributed by atoms with E-state index in [1.165, 1.54) is 13.2 Å². The second-order valence-corrected chi connectivity index (χ2v) is 5.48. The van der Waals surface area contributed by atoms with E-state index in [9.17, 15) is 18.0 Å². The molecule has 0 bridgehead atoms. The van der Waals surface area contributed by atoms with Crippen molar-refractivity contribution in [1.82, 2.24) is 9.88 Å². The van der Waals surface area contributed by atoms with Crippen molar-refractivity contribution in [3.63, 3.8) is 0 Å². The second kappa shape index (κ2) is 7.63. The third-order valence-electron chi connectivity index (χ3n) is 2.70. The molecule has 0 spiro atoms. The molecule has 0 aliphatic rings. The molecule has 0 aromatic carbocycles. The summed E-state index contributed by atoms with van der Waals surface area (Å²) >= 11 is 3.21. The molecule has 0 aliphatic heterocycles. The first-order valence-corrected chi connectivity index (χ1v) is 7.25. The molecule has 0 aliphatic carbocycles. The predicted octanol–water partition coefficient (Wildman–Crippen LogP) is 3.69. The molecule has 0 saturated carbocycles. The molecule has 0 saturated heterocycles. The lowest BCUT2D eigenvalue weighted by Gasteiger charge is -2.20. The van der Waals surface area contributed by atoms with Crippen molar-refractivity contribution in [1.29, 1.82) is 0 Å². The van der Waals surface area contributed by atoms with E-state index in [-0.39, 0.29) is 12.1 Å². The molecule has 1 aromatic rings. The molecule has 0 fully saturated rings. The molecule has 8 heteroatoms. The van der Waals surface area contributed by atoms with Crippen LogP contribution in [-0.2, 0) is 0 Å². The topological polar surface area (TPSA) is 45.2 Å². The average Bonchev–Trinajstić information content (AvgIpc) is 2.41. The van der Waals surface area contributed by atoms with Crippen molar-refractivity contribution in [2.75, 3.05) is 25.5 Å². The Bertz CT molecular complexity index is 494. The Balaban J connectivity index is 2.86. The first kappa shape index (κ1) is 17.7. The van der Waals surface area contributed by atoms with Gasteiger partial charge in [-0.15, -0.1) is 0 Å². The van der Waals surface area contributed by atoms with Gasteiger partial charge in [0.25, 0.3) is 5.91 Å². The van der Waals surface area contributed by atoms with Crippen LogP contribution in [0.1, 0.15) is 30.1 Å². The smallest absolute Gasteiger partial charge is 0.369 e. The number of carbonyl (C=O) groups excluding carboxylic acids is 1. The quantitative estimate of drug-likeness (QED) is 0.833. The van der Waals surface area contributed by atoms with Crippen molar-refractivity contribution in [2.24, 2.45) is 0 Å². The Morgan fingerprint density at radius 2 is 2.14 bits per heavy atom. The van der Waals surface area contributed by atoms with Crippen molar-refractivity contribution in [3.8, 4) is 0 Å². The molecule has 1 rings (SSSR count). The van der Waals surface area contributed by atoms with E-state index < -0.39 is 18.5 Å². The number of hydrogen-bond donors (Lipinski definition) is 1. The van der Waals surface area contributed by atoms with Crippen LogP contribution in [0, 0.1) is 0 Å². The molecule has 1 N–H and O–H groups in total. The van der Waals surface area contributed by atoms with Gasteiger partial charge < -0.3 is 10.2 Å². The Kier molecular flexibility index (Phi) is 6.44. The fourth-order valence-electron chi connectivity index (χ4n) is 1.59. The summed E-state index contributed by atoms with van der Waals surface area (Å²) in [6, 6.07) is 1.55. The average molecular weight is 368 g/mol. The highest BCUT2D eigenvalue weighted by Gasteiger charge is 2.28. The number of nitrogens with one attached hydrogen (secondary N) is 1. The maximum absolute atomic E-state index is 12.3. The van der Waals surface area contributed by atoms with Gasteiger partial charge in [-0.05, 0) is 28.4 Å². The number of aromatic nitrogens is 1. The number of amides is 1. The zero-order valence-electron chi connectivity index (χ0n) is 11.8. The number of anilines is 1. The highest BCUT2D eigenvalue weighted by molar-refractivity contribution is 9.10. The summed E-state index contributed by atoms with van der Waals surface area (Å²) in [4.78, 5) is 17.4. The molecule has 21 heavy (non-hydrogen) atoms. The van der Waals surface area contributed by atoms with Gasteiger partial charge in [-0.25, -0.2) is 4.98 Å². The van der Waals surface area contributed by atoms with Gasteiger partial charge >= 0.3 is 6.18 Å². The Hall–Kier alpha value is -1.31. The minimum Gasteiger partial charge on any atom is -0.369 e. The van der Waals surface area contributed by atoms with Gasteiger partial charge in [0.1, 0.15) is 5.82 Å². The SMILES string of the molecule is CCCNc1ncc(Br)cc1C(=O)N(C)CCC(F)(F)F. The zero-order valence-corrected chi connectivity index (χ0v) is 13.4. The summed E-state index contributed by atoms with van der Waals surface area (Å²) in [7, 11) is 1.35. The Morgan fingerprint density at radius 3 is 2.71 bits per heavy atom. The fraction of sp³-hybridized carbons (Fsp3) is 0.538. The molecule has 118 valence electrons. The van der Waals surface area contributed by atoms with Crippen LogP contribution in [0.15, 0.2) is 16.7 Å². The third-order valence-corrected chi connectivity index (χ3v) is 3.14. The number of pyridine rings is 1. The van der Waals surface area contributed by atoms with Crippen molar-refractivity contribution in [3.05, 3.63) is 22.3 Å². The molecular weight excluding hydrogens is 351 g/mol. The molecule has 1 heterocycles. The summed E-state index contributed by atoms with van der Waals surface area (Å²) < 4.78 is 37.3. The van der Waals surface area contributed by atoms with E-state index in [2.05, 4.69) is 26.2 Å². The molecule has 1 aromatic heterocycles. The van der Waals surface area contributed by atoms with Gasteiger partial charge in [-0.2, -0.15) is 13.2 Å². The number of halogens is 4. The number of rotatable bonds is 6. The highest BCUT2D eigenvalue weighted by Crippen LogP contribution is 2.22. The maximum Gasteiger partial charge on any atom is 0.390 e. The zero-order chi connectivity index (χ0) is 16.0. The first-order valence-electron chi connectivity index (χ1n) is 6.46. The van der Waals surface area contributed by atoms with E-state index in [0.29, 0.717) is 16.8 Å². The molecule has 1 amide bonds. The Labute approximate surface area is 129 Å².